The van der Waals surface area contributed by atoms with E-state index in [0.29, 0.717) is 11.3 Å². The van der Waals surface area contributed by atoms with Crippen molar-refractivity contribution in [3.05, 3.63) is 40.7 Å². The van der Waals surface area contributed by atoms with Crippen LogP contribution < -0.4 is 4.74 Å². The summed E-state index contributed by atoms with van der Waals surface area (Å²) in [6.45, 7) is 1.74. The van der Waals surface area contributed by atoms with Crippen LogP contribution in [0.3, 0.4) is 0 Å². The third-order valence-electron chi connectivity index (χ3n) is 1.73. The van der Waals surface area contributed by atoms with Crippen LogP contribution in [0.25, 0.3) is 0 Å². The normalized spacial score (nSPS) is 11.3. The Balaban J connectivity index is 2.61. The molecule has 0 saturated carbocycles. The molecule has 1 N–H and O–H groups in total. The number of carboxylic acid groups (broad SMARTS) is 1. The van der Waals surface area contributed by atoms with Crippen molar-refractivity contribution in [1.82, 2.24) is 0 Å². The minimum absolute atomic E-state index is 0.0302. The first-order chi connectivity index (χ1) is 7.49. The van der Waals surface area contributed by atoms with Crippen molar-refractivity contribution in [2.45, 2.75) is 6.92 Å². The molecule has 0 radical (unpaired) electrons. The van der Waals surface area contributed by atoms with Crippen LogP contribution in [0.1, 0.15) is 6.92 Å². The Morgan fingerprint density at radius 2 is 2.31 bits per heavy atom. The van der Waals surface area contributed by atoms with Gasteiger partial charge in [0.05, 0.1) is 5.02 Å². The van der Waals surface area contributed by atoms with Gasteiger partial charge < -0.3 is 9.84 Å². The lowest BCUT2D eigenvalue weighted by Crippen LogP contribution is -2.01. The SMILES string of the molecule is CC(=CC(=O)O)COc1ccc(F)c(Cl)c1. The molecule has 1 aromatic carbocycles. The minimum atomic E-state index is -1.03. The van der Waals surface area contributed by atoms with Gasteiger partial charge in [-0.2, -0.15) is 0 Å². The lowest BCUT2D eigenvalue weighted by molar-refractivity contribution is -0.131. The molecule has 16 heavy (non-hydrogen) atoms. The van der Waals surface area contributed by atoms with Crippen molar-refractivity contribution in [2.75, 3.05) is 6.61 Å². The number of halogens is 2. The van der Waals surface area contributed by atoms with Crippen molar-refractivity contribution >= 4 is 17.6 Å². The number of ether oxygens (including phenoxy) is 1. The number of aliphatic carboxylic acids is 1. The van der Waals surface area contributed by atoms with Gasteiger partial charge in [0.25, 0.3) is 0 Å². The largest absolute Gasteiger partial charge is 0.489 e. The van der Waals surface area contributed by atoms with Gasteiger partial charge in [-0.25, -0.2) is 9.18 Å². The molecule has 0 amide bonds. The Morgan fingerprint density at radius 3 is 2.88 bits per heavy atom. The summed E-state index contributed by atoms with van der Waals surface area (Å²) in [5.41, 5.74) is 0.549. The summed E-state index contributed by atoms with van der Waals surface area (Å²) in [4.78, 5) is 10.3. The lowest BCUT2D eigenvalue weighted by Gasteiger charge is -2.06. The summed E-state index contributed by atoms with van der Waals surface area (Å²) in [5.74, 6) is -1.16. The third-order valence-corrected chi connectivity index (χ3v) is 2.02. The summed E-state index contributed by atoms with van der Waals surface area (Å²) in [6, 6.07) is 3.95. The fourth-order valence-electron chi connectivity index (χ4n) is 1.02. The van der Waals surface area contributed by atoms with Gasteiger partial charge in [-0.1, -0.05) is 11.6 Å². The van der Waals surface area contributed by atoms with Crippen molar-refractivity contribution in [3.8, 4) is 5.75 Å². The summed E-state index contributed by atoms with van der Waals surface area (Å²) < 4.78 is 18.0. The summed E-state index contributed by atoms with van der Waals surface area (Å²) in [6.07, 6.45) is 1.05. The highest BCUT2D eigenvalue weighted by molar-refractivity contribution is 6.30. The maximum atomic E-state index is 12.8. The summed E-state index contributed by atoms with van der Waals surface area (Å²) in [5, 5.41) is 8.43. The highest BCUT2D eigenvalue weighted by atomic mass is 35.5. The molecule has 0 bridgehead atoms. The second-order valence-corrected chi connectivity index (χ2v) is 3.60. The van der Waals surface area contributed by atoms with E-state index in [1.165, 1.54) is 18.2 Å². The van der Waals surface area contributed by atoms with Crippen molar-refractivity contribution < 1.29 is 19.0 Å². The second kappa shape index (κ2) is 5.51. The Kier molecular flexibility index (Phi) is 4.31. The maximum absolute atomic E-state index is 12.8. The van der Waals surface area contributed by atoms with E-state index in [1.54, 1.807) is 6.92 Å². The number of hydrogen-bond acceptors (Lipinski definition) is 2. The first-order valence-electron chi connectivity index (χ1n) is 4.47. The first kappa shape index (κ1) is 12.5. The average molecular weight is 245 g/mol. The zero-order valence-corrected chi connectivity index (χ0v) is 9.29. The van der Waals surface area contributed by atoms with E-state index in [0.717, 1.165) is 6.08 Å². The molecule has 1 aromatic rings. The van der Waals surface area contributed by atoms with E-state index in [4.69, 9.17) is 21.4 Å². The van der Waals surface area contributed by atoms with Crippen LogP contribution >= 0.6 is 11.6 Å². The van der Waals surface area contributed by atoms with E-state index in [-0.39, 0.29) is 11.6 Å². The molecule has 1 rings (SSSR count). The lowest BCUT2D eigenvalue weighted by atomic mass is 10.3. The molecule has 0 spiro atoms. The van der Waals surface area contributed by atoms with E-state index in [9.17, 15) is 9.18 Å². The van der Waals surface area contributed by atoms with Crippen LogP contribution in [0.2, 0.25) is 5.02 Å². The molecule has 86 valence electrons. The molecule has 0 heterocycles. The Hall–Kier alpha value is -1.55. The molecule has 0 fully saturated rings. The molecule has 0 unspecified atom stereocenters. The molecule has 0 aliphatic carbocycles. The van der Waals surface area contributed by atoms with E-state index in [1.807, 2.05) is 0 Å². The Labute approximate surface area is 97.1 Å². The number of rotatable bonds is 4. The quantitative estimate of drug-likeness (QED) is 0.829. The Morgan fingerprint density at radius 1 is 1.62 bits per heavy atom. The topological polar surface area (TPSA) is 46.5 Å². The molecule has 0 aliphatic heterocycles. The van der Waals surface area contributed by atoms with Gasteiger partial charge in [0, 0.05) is 12.1 Å². The number of carbonyl (C=O) groups is 1. The molecular formula is C11H10ClFO3. The molecule has 0 aromatic heterocycles. The summed E-state index contributed by atoms with van der Waals surface area (Å²) in [7, 11) is 0. The predicted octanol–water partition coefficient (Wildman–Crippen LogP) is 2.89. The molecular weight excluding hydrogens is 235 g/mol. The van der Waals surface area contributed by atoms with Gasteiger partial charge in [-0.3, -0.25) is 0 Å². The third kappa shape index (κ3) is 3.90. The van der Waals surface area contributed by atoms with Crippen LogP contribution in [0.5, 0.6) is 5.75 Å². The van der Waals surface area contributed by atoms with Gasteiger partial charge in [-0.05, 0) is 24.6 Å². The van der Waals surface area contributed by atoms with Crippen LogP contribution in [-0.2, 0) is 4.79 Å². The number of hydrogen-bond donors (Lipinski definition) is 1. The zero-order chi connectivity index (χ0) is 12.1. The molecule has 0 atom stereocenters. The average Bonchev–Trinajstić information content (AvgIpc) is 2.19. The van der Waals surface area contributed by atoms with Crippen molar-refractivity contribution in [1.29, 1.82) is 0 Å². The highest BCUT2D eigenvalue weighted by Crippen LogP contribution is 2.21. The van der Waals surface area contributed by atoms with E-state index >= 15 is 0 Å². The number of benzene rings is 1. The monoisotopic (exact) mass is 244 g/mol. The maximum Gasteiger partial charge on any atom is 0.328 e. The second-order valence-electron chi connectivity index (χ2n) is 3.19. The van der Waals surface area contributed by atoms with Gasteiger partial charge >= 0.3 is 5.97 Å². The van der Waals surface area contributed by atoms with Crippen LogP contribution in [0, 0.1) is 5.82 Å². The summed E-state index contributed by atoms with van der Waals surface area (Å²) >= 11 is 5.55. The fraction of sp³-hybridized carbons (Fsp3) is 0.182. The number of carboxylic acids is 1. The minimum Gasteiger partial charge on any atom is -0.489 e. The van der Waals surface area contributed by atoms with Gasteiger partial charge in [-0.15, -0.1) is 0 Å². The van der Waals surface area contributed by atoms with Gasteiger partial charge in [0.15, 0.2) is 0 Å². The molecule has 5 heteroatoms. The van der Waals surface area contributed by atoms with Gasteiger partial charge in [0.2, 0.25) is 0 Å². The fourth-order valence-corrected chi connectivity index (χ4v) is 1.19. The molecule has 0 saturated heterocycles. The Bertz CT molecular complexity index is 429. The van der Waals surface area contributed by atoms with Crippen LogP contribution in [0.15, 0.2) is 29.8 Å². The highest BCUT2D eigenvalue weighted by Gasteiger charge is 2.02. The van der Waals surface area contributed by atoms with E-state index in [2.05, 4.69) is 0 Å². The van der Waals surface area contributed by atoms with Gasteiger partial charge in [0.1, 0.15) is 18.2 Å². The first-order valence-corrected chi connectivity index (χ1v) is 4.85. The predicted molar refractivity (Wildman–Crippen MR) is 58.3 cm³/mol. The van der Waals surface area contributed by atoms with E-state index < -0.39 is 11.8 Å². The van der Waals surface area contributed by atoms with Crippen molar-refractivity contribution in [2.24, 2.45) is 0 Å². The zero-order valence-electron chi connectivity index (χ0n) is 8.54. The smallest absolute Gasteiger partial charge is 0.328 e. The molecule has 3 nitrogen and oxygen atoms in total. The molecule has 0 aliphatic rings. The van der Waals surface area contributed by atoms with Crippen LogP contribution in [-0.4, -0.2) is 17.7 Å². The standard InChI is InChI=1S/C11H10ClFO3/c1-7(4-11(14)15)6-16-8-2-3-10(13)9(12)5-8/h2-5H,6H2,1H3,(H,14,15). The van der Waals surface area contributed by atoms with Crippen LogP contribution in [0.4, 0.5) is 4.39 Å². The van der Waals surface area contributed by atoms with Crippen molar-refractivity contribution in [3.63, 3.8) is 0 Å².